The van der Waals surface area contributed by atoms with Crippen LogP contribution in [0.2, 0.25) is 0 Å². The Kier molecular flexibility index (Phi) is 7.11. The summed E-state index contributed by atoms with van der Waals surface area (Å²) in [6, 6.07) is 73.4. The average molecular weight is 704 g/mol. The lowest BCUT2D eigenvalue weighted by atomic mass is 9.91. The number of benzene rings is 10. The lowest BCUT2D eigenvalue weighted by Gasteiger charge is -2.27. The van der Waals surface area contributed by atoms with E-state index in [2.05, 4.69) is 205 Å². The third-order valence-corrected chi connectivity index (χ3v) is 12.1. The summed E-state index contributed by atoms with van der Waals surface area (Å²) in [4.78, 5) is 2.40. The maximum absolute atomic E-state index is 2.41. The molecule has 54 heavy (non-hydrogen) atoms. The highest BCUT2D eigenvalue weighted by molar-refractivity contribution is 7.26. The van der Waals surface area contributed by atoms with Crippen LogP contribution < -0.4 is 4.90 Å². The highest BCUT2D eigenvalue weighted by Crippen LogP contribution is 2.47. The van der Waals surface area contributed by atoms with Crippen LogP contribution in [0.15, 0.2) is 200 Å². The molecule has 0 aliphatic heterocycles. The van der Waals surface area contributed by atoms with Crippen LogP contribution in [-0.4, -0.2) is 0 Å². The first-order valence-electron chi connectivity index (χ1n) is 18.5. The molecule has 1 heterocycles. The molecular weight excluding hydrogens is 671 g/mol. The molecule has 0 saturated heterocycles. The van der Waals surface area contributed by atoms with Crippen molar-refractivity contribution in [3.05, 3.63) is 200 Å². The molecule has 0 unspecified atom stereocenters. The van der Waals surface area contributed by atoms with Crippen molar-refractivity contribution < 1.29 is 0 Å². The van der Waals surface area contributed by atoms with E-state index in [4.69, 9.17) is 0 Å². The Bertz CT molecular complexity index is 3100. The minimum atomic E-state index is 1.12. The summed E-state index contributed by atoms with van der Waals surface area (Å²) in [5.41, 5.74) is 8.19. The van der Waals surface area contributed by atoms with Gasteiger partial charge in [-0.3, -0.25) is 0 Å². The third kappa shape index (κ3) is 4.99. The van der Waals surface area contributed by atoms with E-state index < -0.39 is 0 Å². The van der Waals surface area contributed by atoms with Gasteiger partial charge in [-0.25, -0.2) is 0 Å². The predicted molar refractivity (Wildman–Crippen MR) is 235 cm³/mol. The van der Waals surface area contributed by atoms with Crippen molar-refractivity contribution in [2.75, 3.05) is 4.90 Å². The SMILES string of the molecule is c1ccc(-c2ccc(N(c3ccc(-c4ccccc4)cc3)c3ccc4c(c3)c3ccccc3c3ccc5sc6cc7ccccc7cc6c5c34)cc2)cc1. The molecule has 252 valence electrons. The van der Waals surface area contributed by atoms with Crippen molar-refractivity contribution in [1.29, 1.82) is 0 Å². The van der Waals surface area contributed by atoms with Gasteiger partial charge in [0.25, 0.3) is 0 Å². The van der Waals surface area contributed by atoms with Crippen molar-refractivity contribution in [2.24, 2.45) is 0 Å². The highest BCUT2D eigenvalue weighted by atomic mass is 32.1. The summed E-state index contributed by atoms with van der Waals surface area (Å²) in [6.45, 7) is 0. The van der Waals surface area contributed by atoms with Crippen LogP contribution in [0.1, 0.15) is 0 Å². The lowest BCUT2D eigenvalue weighted by molar-refractivity contribution is 1.29. The van der Waals surface area contributed by atoms with Gasteiger partial charge in [-0.15, -0.1) is 11.3 Å². The Morgan fingerprint density at radius 2 is 0.759 bits per heavy atom. The Labute approximate surface area is 317 Å². The maximum Gasteiger partial charge on any atom is 0.0468 e. The fourth-order valence-corrected chi connectivity index (χ4v) is 9.58. The Morgan fingerprint density at radius 1 is 0.278 bits per heavy atom. The molecule has 0 aliphatic rings. The van der Waals surface area contributed by atoms with Crippen molar-refractivity contribution in [1.82, 2.24) is 0 Å². The fraction of sp³-hybridized carbons (Fsp3) is 0. The zero-order valence-corrected chi connectivity index (χ0v) is 30.2. The van der Waals surface area contributed by atoms with Gasteiger partial charge in [0.2, 0.25) is 0 Å². The number of thiophene rings is 1. The van der Waals surface area contributed by atoms with E-state index in [1.165, 1.54) is 85.5 Å². The van der Waals surface area contributed by atoms with Crippen LogP contribution in [-0.2, 0) is 0 Å². The Hall–Kier alpha value is -6.74. The molecule has 1 nitrogen and oxygen atoms in total. The lowest BCUT2D eigenvalue weighted by Crippen LogP contribution is -2.10. The van der Waals surface area contributed by atoms with E-state index >= 15 is 0 Å². The molecule has 0 N–H and O–H groups in total. The van der Waals surface area contributed by atoms with Crippen LogP contribution in [0.4, 0.5) is 17.1 Å². The quantitative estimate of drug-likeness (QED) is 0.161. The van der Waals surface area contributed by atoms with E-state index in [1.807, 2.05) is 11.3 Å². The number of anilines is 3. The maximum atomic E-state index is 2.41. The smallest absolute Gasteiger partial charge is 0.0468 e. The number of hydrogen-bond acceptors (Lipinski definition) is 2. The van der Waals surface area contributed by atoms with Gasteiger partial charge in [0, 0.05) is 37.2 Å². The fourth-order valence-electron chi connectivity index (χ4n) is 8.44. The van der Waals surface area contributed by atoms with E-state index in [0.717, 1.165) is 17.1 Å². The minimum Gasteiger partial charge on any atom is -0.310 e. The first kappa shape index (κ1) is 30.8. The second-order valence-corrected chi connectivity index (χ2v) is 15.2. The van der Waals surface area contributed by atoms with Crippen LogP contribution in [0.5, 0.6) is 0 Å². The van der Waals surface area contributed by atoms with Gasteiger partial charge in [0.05, 0.1) is 0 Å². The summed E-state index contributed by atoms with van der Waals surface area (Å²) in [5, 5.41) is 13.0. The number of fused-ring (bicyclic) bond motifs is 11. The third-order valence-electron chi connectivity index (χ3n) is 11.0. The summed E-state index contributed by atoms with van der Waals surface area (Å²) < 4.78 is 2.66. The summed E-state index contributed by atoms with van der Waals surface area (Å²) in [6.07, 6.45) is 0. The summed E-state index contributed by atoms with van der Waals surface area (Å²) in [7, 11) is 0. The van der Waals surface area contributed by atoms with Crippen LogP contribution in [0.3, 0.4) is 0 Å². The van der Waals surface area contributed by atoms with Gasteiger partial charge in [0.1, 0.15) is 0 Å². The molecule has 11 rings (SSSR count). The molecule has 11 aromatic rings. The predicted octanol–water partition coefficient (Wildman–Crippen LogP) is 15.5. The second-order valence-electron chi connectivity index (χ2n) is 14.1. The Morgan fingerprint density at radius 3 is 1.39 bits per heavy atom. The molecule has 0 aliphatic carbocycles. The molecule has 0 bridgehead atoms. The van der Waals surface area contributed by atoms with Crippen molar-refractivity contribution in [3.8, 4) is 22.3 Å². The molecule has 10 aromatic carbocycles. The molecule has 0 saturated carbocycles. The molecule has 0 fully saturated rings. The van der Waals surface area contributed by atoms with E-state index in [1.54, 1.807) is 0 Å². The van der Waals surface area contributed by atoms with Gasteiger partial charge in [0.15, 0.2) is 0 Å². The Balaban J connectivity index is 1.15. The molecule has 0 radical (unpaired) electrons. The molecular formula is C52H33NS. The van der Waals surface area contributed by atoms with Gasteiger partial charge >= 0.3 is 0 Å². The second kappa shape index (κ2) is 12.4. The van der Waals surface area contributed by atoms with E-state index in [0.29, 0.717) is 0 Å². The topological polar surface area (TPSA) is 3.24 Å². The molecule has 0 amide bonds. The summed E-state index contributed by atoms with van der Waals surface area (Å²) >= 11 is 1.90. The van der Waals surface area contributed by atoms with Crippen LogP contribution >= 0.6 is 11.3 Å². The highest BCUT2D eigenvalue weighted by Gasteiger charge is 2.19. The van der Waals surface area contributed by atoms with Crippen molar-refractivity contribution in [3.63, 3.8) is 0 Å². The monoisotopic (exact) mass is 703 g/mol. The standard InChI is InChI=1S/C52H33NS/c1-3-11-34(12-4-1)36-19-23-40(24-20-36)53(41-25-21-37(22-26-41)35-13-5-2-6-14-35)42-27-28-46-47(33-42)44-18-10-9-17-43(44)45-29-30-49-52(51(45)46)48-31-38-15-7-8-16-39(38)32-50(48)54-49/h1-33H. The average Bonchev–Trinajstić information content (AvgIpc) is 3.61. The number of hydrogen-bond donors (Lipinski definition) is 0. The van der Waals surface area contributed by atoms with Crippen LogP contribution in [0.25, 0.3) is 85.5 Å². The first-order chi connectivity index (χ1) is 26.8. The number of nitrogens with zero attached hydrogens (tertiary/aromatic N) is 1. The largest absolute Gasteiger partial charge is 0.310 e. The summed E-state index contributed by atoms with van der Waals surface area (Å²) in [5.74, 6) is 0. The molecule has 1 aromatic heterocycles. The van der Waals surface area contributed by atoms with Gasteiger partial charge in [-0.05, 0) is 120 Å². The minimum absolute atomic E-state index is 1.12. The first-order valence-corrected chi connectivity index (χ1v) is 19.3. The zero-order chi connectivity index (χ0) is 35.6. The van der Waals surface area contributed by atoms with Gasteiger partial charge < -0.3 is 4.90 Å². The van der Waals surface area contributed by atoms with Gasteiger partial charge in [-0.2, -0.15) is 0 Å². The van der Waals surface area contributed by atoms with Crippen LogP contribution in [0, 0.1) is 0 Å². The normalized spacial score (nSPS) is 11.7. The van der Waals surface area contributed by atoms with Crippen molar-refractivity contribution in [2.45, 2.75) is 0 Å². The number of rotatable bonds is 5. The van der Waals surface area contributed by atoms with Gasteiger partial charge in [-0.1, -0.05) is 146 Å². The molecule has 2 heteroatoms. The molecule has 0 atom stereocenters. The molecule has 0 spiro atoms. The van der Waals surface area contributed by atoms with E-state index in [-0.39, 0.29) is 0 Å². The van der Waals surface area contributed by atoms with E-state index in [9.17, 15) is 0 Å². The van der Waals surface area contributed by atoms with Crippen molar-refractivity contribution >= 4 is 91.7 Å². The zero-order valence-electron chi connectivity index (χ0n) is 29.4.